The van der Waals surface area contributed by atoms with Gasteiger partial charge in [-0.25, -0.2) is 0 Å². The Kier molecular flexibility index (Phi) is 8.61. The summed E-state index contributed by atoms with van der Waals surface area (Å²) in [5, 5.41) is 5.20. The number of nitrogens with zero attached hydrogens (tertiary/aromatic N) is 1. The summed E-state index contributed by atoms with van der Waals surface area (Å²) in [6.07, 6.45) is -2.97. The van der Waals surface area contributed by atoms with E-state index in [0.29, 0.717) is 12.5 Å². The Morgan fingerprint density at radius 3 is 2.46 bits per heavy atom. The summed E-state index contributed by atoms with van der Waals surface area (Å²) >= 11 is 0. The second-order valence-corrected chi connectivity index (χ2v) is 8.93. The SMILES string of the molecule is Cc1ccc(CN2CCC(CNC(=O)CNC(=O)c3cc(OC(F)(F)F)ccc3N)CC2)c(C)c1. The molecule has 190 valence electrons. The van der Waals surface area contributed by atoms with E-state index in [1.807, 2.05) is 0 Å². The number of ether oxygens (including phenoxy) is 1. The van der Waals surface area contributed by atoms with E-state index < -0.39 is 18.0 Å². The predicted octanol–water partition coefficient (Wildman–Crippen LogP) is 3.54. The monoisotopic (exact) mass is 492 g/mol. The molecule has 10 heteroatoms. The van der Waals surface area contributed by atoms with Crippen molar-refractivity contribution in [2.45, 2.75) is 39.6 Å². The van der Waals surface area contributed by atoms with Gasteiger partial charge < -0.3 is 21.1 Å². The molecule has 1 fully saturated rings. The minimum absolute atomic E-state index is 0.0231. The molecule has 0 aromatic heterocycles. The van der Waals surface area contributed by atoms with Crippen molar-refractivity contribution in [2.24, 2.45) is 5.92 Å². The number of benzene rings is 2. The van der Waals surface area contributed by atoms with E-state index in [1.54, 1.807) is 0 Å². The number of hydrogen-bond donors (Lipinski definition) is 3. The Balaban J connectivity index is 1.39. The van der Waals surface area contributed by atoms with Crippen LogP contribution in [0.25, 0.3) is 0 Å². The molecule has 1 saturated heterocycles. The number of likely N-dealkylation sites (tertiary alicyclic amines) is 1. The summed E-state index contributed by atoms with van der Waals surface area (Å²) in [6.45, 7) is 7.21. The fraction of sp³-hybridized carbons (Fsp3) is 0.440. The number of amides is 2. The summed E-state index contributed by atoms with van der Waals surface area (Å²) in [7, 11) is 0. The van der Waals surface area contributed by atoms with Crippen LogP contribution in [-0.2, 0) is 11.3 Å². The Labute approximate surface area is 202 Å². The minimum Gasteiger partial charge on any atom is -0.406 e. The fourth-order valence-electron chi connectivity index (χ4n) is 4.12. The Morgan fingerprint density at radius 1 is 1.09 bits per heavy atom. The average molecular weight is 493 g/mol. The molecule has 0 aliphatic carbocycles. The lowest BCUT2D eigenvalue weighted by molar-refractivity contribution is -0.274. The van der Waals surface area contributed by atoms with Crippen molar-refractivity contribution < 1.29 is 27.5 Å². The highest BCUT2D eigenvalue weighted by Crippen LogP contribution is 2.26. The van der Waals surface area contributed by atoms with Gasteiger partial charge in [0, 0.05) is 18.8 Å². The molecule has 35 heavy (non-hydrogen) atoms. The largest absolute Gasteiger partial charge is 0.573 e. The van der Waals surface area contributed by atoms with E-state index in [2.05, 4.69) is 52.3 Å². The number of anilines is 1. The van der Waals surface area contributed by atoms with Crippen LogP contribution in [0.15, 0.2) is 36.4 Å². The molecule has 2 aromatic carbocycles. The number of carbonyl (C=O) groups is 2. The van der Waals surface area contributed by atoms with Gasteiger partial charge in [-0.3, -0.25) is 14.5 Å². The molecule has 0 radical (unpaired) electrons. The molecule has 4 N–H and O–H groups in total. The second-order valence-electron chi connectivity index (χ2n) is 8.93. The molecule has 1 aliphatic rings. The van der Waals surface area contributed by atoms with Gasteiger partial charge in [-0.1, -0.05) is 23.8 Å². The Morgan fingerprint density at radius 2 is 1.80 bits per heavy atom. The van der Waals surface area contributed by atoms with Crippen molar-refractivity contribution in [2.75, 3.05) is 31.9 Å². The summed E-state index contributed by atoms with van der Waals surface area (Å²) < 4.78 is 41.0. The summed E-state index contributed by atoms with van der Waals surface area (Å²) in [6, 6.07) is 9.55. The minimum atomic E-state index is -4.89. The van der Waals surface area contributed by atoms with E-state index in [0.717, 1.165) is 50.7 Å². The maximum absolute atomic E-state index is 12.4. The highest BCUT2D eigenvalue weighted by molar-refractivity contribution is 6.01. The highest BCUT2D eigenvalue weighted by Gasteiger charge is 2.31. The molecule has 2 amide bonds. The molecule has 0 saturated carbocycles. The van der Waals surface area contributed by atoms with E-state index >= 15 is 0 Å². The summed E-state index contributed by atoms with van der Waals surface area (Å²) in [5.74, 6) is -1.36. The van der Waals surface area contributed by atoms with Crippen molar-refractivity contribution in [3.63, 3.8) is 0 Å². The normalized spacial score (nSPS) is 15.0. The third-order valence-electron chi connectivity index (χ3n) is 6.10. The summed E-state index contributed by atoms with van der Waals surface area (Å²) in [4.78, 5) is 26.9. The highest BCUT2D eigenvalue weighted by atomic mass is 19.4. The van der Waals surface area contributed by atoms with Gasteiger partial charge in [-0.05, 0) is 75.0 Å². The first-order valence-electron chi connectivity index (χ1n) is 11.5. The van der Waals surface area contributed by atoms with Crippen molar-refractivity contribution in [3.05, 3.63) is 58.7 Å². The zero-order valence-electron chi connectivity index (χ0n) is 19.9. The van der Waals surface area contributed by atoms with Gasteiger partial charge in [-0.15, -0.1) is 13.2 Å². The van der Waals surface area contributed by atoms with Gasteiger partial charge in [0.1, 0.15) is 5.75 Å². The topological polar surface area (TPSA) is 96.7 Å². The number of carbonyl (C=O) groups excluding carboxylic acids is 2. The molecule has 3 rings (SSSR count). The molecule has 1 heterocycles. The molecular weight excluding hydrogens is 461 g/mol. The van der Waals surface area contributed by atoms with Gasteiger partial charge in [0.15, 0.2) is 0 Å². The molecule has 2 aromatic rings. The van der Waals surface area contributed by atoms with Crippen molar-refractivity contribution >= 4 is 17.5 Å². The quantitative estimate of drug-likeness (QED) is 0.490. The van der Waals surface area contributed by atoms with Crippen LogP contribution in [0.5, 0.6) is 5.75 Å². The number of alkyl halides is 3. The third-order valence-corrected chi connectivity index (χ3v) is 6.10. The lowest BCUT2D eigenvalue weighted by atomic mass is 9.96. The average Bonchev–Trinajstić information content (AvgIpc) is 2.79. The predicted molar refractivity (Wildman–Crippen MR) is 127 cm³/mol. The smallest absolute Gasteiger partial charge is 0.406 e. The molecule has 0 spiro atoms. The molecule has 1 aliphatic heterocycles. The number of rotatable bonds is 8. The van der Waals surface area contributed by atoms with Crippen LogP contribution in [0, 0.1) is 19.8 Å². The number of halogens is 3. The van der Waals surface area contributed by atoms with E-state index in [9.17, 15) is 22.8 Å². The van der Waals surface area contributed by atoms with Crippen LogP contribution in [-0.4, -0.2) is 49.3 Å². The summed E-state index contributed by atoms with van der Waals surface area (Å²) in [5.41, 5.74) is 9.34. The first-order valence-corrected chi connectivity index (χ1v) is 11.5. The maximum atomic E-state index is 12.4. The number of piperidine rings is 1. The first-order chi connectivity index (χ1) is 16.5. The molecule has 0 bridgehead atoms. The molecule has 0 unspecified atom stereocenters. The Bertz CT molecular complexity index is 1050. The van der Waals surface area contributed by atoms with Crippen LogP contribution in [0.4, 0.5) is 18.9 Å². The van der Waals surface area contributed by atoms with Gasteiger partial charge >= 0.3 is 6.36 Å². The van der Waals surface area contributed by atoms with Gasteiger partial charge in [0.25, 0.3) is 5.91 Å². The van der Waals surface area contributed by atoms with Gasteiger partial charge in [0.2, 0.25) is 5.91 Å². The van der Waals surface area contributed by atoms with Crippen LogP contribution < -0.4 is 21.1 Å². The number of hydrogen-bond acceptors (Lipinski definition) is 5. The molecule has 0 atom stereocenters. The Hall–Kier alpha value is -3.27. The number of nitrogen functional groups attached to an aromatic ring is 1. The van der Waals surface area contributed by atoms with E-state index in [4.69, 9.17) is 5.73 Å². The first kappa shape index (κ1) is 26.3. The zero-order chi connectivity index (χ0) is 25.6. The van der Waals surface area contributed by atoms with Crippen LogP contribution in [0.2, 0.25) is 0 Å². The fourth-order valence-corrected chi connectivity index (χ4v) is 4.12. The third kappa shape index (κ3) is 8.17. The van der Waals surface area contributed by atoms with Crippen LogP contribution in [0.3, 0.4) is 0 Å². The van der Waals surface area contributed by atoms with Crippen LogP contribution >= 0.6 is 0 Å². The second kappa shape index (κ2) is 11.4. The van der Waals surface area contributed by atoms with Gasteiger partial charge in [0.05, 0.1) is 12.1 Å². The van der Waals surface area contributed by atoms with Crippen molar-refractivity contribution in [1.29, 1.82) is 0 Å². The molecule has 7 nitrogen and oxygen atoms in total. The standard InChI is InChI=1S/C25H31F3N4O3/c1-16-3-4-19(17(2)11-16)15-32-9-7-18(8-10-32)13-30-23(33)14-31-24(34)21-12-20(5-6-22(21)29)35-25(26,27)28/h3-6,11-12,18H,7-10,13-15,29H2,1-2H3,(H,30,33)(H,31,34). The van der Waals surface area contributed by atoms with Crippen molar-refractivity contribution in [1.82, 2.24) is 15.5 Å². The zero-order valence-corrected chi connectivity index (χ0v) is 19.9. The van der Waals surface area contributed by atoms with Crippen LogP contribution in [0.1, 0.15) is 39.9 Å². The molecular formula is C25H31F3N4O3. The van der Waals surface area contributed by atoms with E-state index in [-0.39, 0.29) is 23.7 Å². The number of nitrogens with one attached hydrogen (secondary N) is 2. The van der Waals surface area contributed by atoms with Gasteiger partial charge in [-0.2, -0.15) is 0 Å². The van der Waals surface area contributed by atoms with E-state index in [1.165, 1.54) is 16.7 Å². The van der Waals surface area contributed by atoms with Crippen molar-refractivity contribution in [3.8, 4) is 5.75 Å². The lowest BCUT2D eigenvalue weighted by Gasteiger charge is -2.32. The lowest BCUT2D eigenvalue weighted by Crippen LogP contribution is -2.41. The maximum Gasteiger partial charge on any atom is 0.573 e. The number of aryl methyl sites for hydroxylation is 2. The number of nitrogens with two attached hydrogens (primary N) is 1.